The highest BCUT2D eigenvalue weighted by molar-refractivity contribution is 7.92. The van der Waals surface area contributed by atoms with Gasteiger partial charge in [-0.15, -0.1) is 11.3 Å². The summed E-state index contributed by atoms with van der Waals surface area (Å²) < 4.78 is 30.2. The Hall–Kier alpha value is -2.13. The zero-order valence-electron chi connectivity index (χ0n) is 15.6. The molecule has 1 aliphatic heterocycles. The largest absolute Gasteiger partial charge is 0.474 e. The van der Waals surface area contributed by atoms with Crippen LogP contribution < -0.4 is 9.04 Å². The fourth-order valence-corrected chi connectivity index (χ4v) is 4.20. The lowest BCUT2D eigenvalue weighted by atomic mass is 10.1. The molecule has 0 spiro atoms. The molecule has 0 unspecified atom stereocenters. The predicted molar refractivity (Wildman–Crippen MR) is 106 cm³/mol. The number of pyridine rings is 1. The van der Waals surface area contributed by atoms with E-state index in [0.29, 0.717) is 24.7 Å². The highest BCUT2D eigenvalue weighted by Gasteiger charge is 2.25. The van der Waals surface area contributed by atoms with Crippen molar-refractivity contribution in [2.45, 2.75) is 25.9 Å². The maximum atomic E-state index is 12.5. The number of carbonyl (C=O) groups excluding carboxylic acids is 1. The van der Waals surface area contributed by atoms with Crippen LogP contribution in [0.2, 0.25) is 0 Å². The molecule has 0 aromatic carbocycles. The van der Waals surface area contributed by atoms with E-state index in [1.165, 1.54) is 28.9 Å². The number of hydrogen-bond donors (Lipinski definition) is 0. The molecule has 0 aliphatic carbocycles. The fraction of sp³-hybridized carbons (Fsp3) is 0.444. The highest BCUT2D eigenvalue weighted by Crippen LogP contribution is 2.23. The summed E-state index contributed by atoms with van der Waals surface area (Å²) in [5.74, 6) is 0.539. The molecular formula is C18H23N3O4S2. The van der Waals surface area contributed by atoms with Crippen LogP contribution in [0.25, 0.3) is 0 Å². The Morgan fingerprint density at radius 2 is 1.96 bits per heavy atom. The number of carbonyl (C=O) groups is 1. The number of anilines is 1. The number of nitrogens with zero attached hydrogens (tertiary/aromatic N) is 3. The van der Waals surface area contributed by atoms with Gasteiger partial charge in [0.25, 0.3) is 5.91 Å². The Bertz CT molecular complexity index is 901. The number of piperidine rings is 1. The monoisotopic (exact) mass is 409 g/mol. The fourth-order valence-electron chi connectivity index (χ4n) is 2.87. The smallest absolute Gasteiger partial charge is 0.263 e. The van der Waals surface area contributed by atoms with E-state index < -0.39 is 10.0 Å². The maximum Gasteiger partial charge on any atom is 0.263 e. The van der Waals surface area contributed by atoms with Gasteiger partial charge in [-0.25, -0.2) is 13.4 Å². The Balaban J connectivity index is 1.54. The van der Waals surface area contributed by atoms with E-state index in [0.717, 1.165) is 28.9 Å². The van der Waals surface area contributed by atoms with Crippen LogP contribution in [0, 0.1) is 6.92 Å². The second-order valence-electron chi connectivity index (χ2n) is 6.60. The summed E-state index contributed by atoms with van der Waals surface area (Å²) in [6.07, 6.45) is 4.09. The van der Waals surface area contributed by atoms with E-state index in [9.17, 15) is 13.2 Å². The number of sulfonamides is 1. The number of likely N-dealkylation sites (tertiary alicyclic amines) is 1. The molecule has 0 bridgehead atoms. The van der Waals surface area contributed by atoms with Crippen LogP contribution in [-0.2, 0) is 10.0 Å². The lowest BCUT2D eigenvalue weighted by Crippen LogP contribution is -2.41. The van der Waals surface area contributed by atoms with E-state index in [1.807, 2.05) is 24.0 Å². The van der Waals surface area contributed by atoms with Crippen LogP contribution in [0.4, 0.5) is 5.69 Å². The van der Waals surface area contributed by atoms with E-state index in [4.69, 9.17) is 4.74 Å². The summed E-state index contributed by atoms with van der Waals surface area (Å²) in [7, 11) is -1.83. The van der Waals surface area contributed by atoms with Crippen LogP contribution in [0.1, 0.15) is 27.4 Å². The van der Waals surface area contributed by atoms with E-state index in [2.05, 4.69) is 4.98 Å². The standard InChI is InChI=1S/C18H23N3O4S2/c1-13-4-6-16(26-13)18(22)21-10-8-15(9-11-21)25-17-7-5-14(12-19-17)20(2)27(3,23)24/h4-7,12,15H,8-11H2,1-3H3. The SMILES string of the molecule is Cc1ccc(C(=O)N2CCC(Oc3ccc(N(C)S(C)(=O)=O)cn3)CC2)s1. The molecule has 27 heavy (non-hydrogen) atoms. The summed E-state index contributed by atoms with van der Waals surface area (Å²) >= 11 is 1.52. The van der Waals surface area contributed by atoms with Crippen molar-refractivity contribution in [2.24, 2.45) is 0 Å². The average molecular weight is 410 g/mol. The molecule has 0 atom stereocenters. The molecule has 7 nitrogen and oxygen atoms in total. The number of aryl methyl sites for hydroxylation is 1. The molecule has 2 aromatic heterocycles. The van der Waals surface area contributed by atoms with Crippen LogP contribution in [-0.4, -0.2) is 56.7 Å². The van der Waals surface area contributed by atoms with Crippen LogP contribution in [0.5, 0.6) is 5.88 Å². The Labute approximate surface area is 163 Å². The van der Waals surface area contributed by atoms with Gasteiger partial charge < -0.3 is 9.64 Å². The Morgan fingerprint density at radius 1 is 1.26 bits per heavy atom. The van der Waals surface area contributed by atoms with Crippen molar-refractivity contribution in [3.63, 3.8) is 0 Å². The van der Waals surface area contributed by atoms with Gasteiger partial charge >= 0.3 is 0 Å². The van der Waals surface area contributed by atoms with Gasteiger partial charge in [0.15, 0.2) is 0 Å². The number of aromatic nitrogens is 1. The van der Waals surface area contributed by atoms with E-state index >= 15 is 0 Å². The molecule has 1 amide bonds. The van der Waals surface area contributed by atoms with Crippen molar-refractivity contribution in [1.29, 1.82) is 0 Å². The summed E-state index contributed by atoms with van der Waals surface area (Å²) in [6, 6.07) is 7.18. The van der Waals surface area contributed by atoms with Gasteiger partial charge in [-0.2, -0.15) is 0 Å². The first-order valence-corrected chi connectivity index (χ1v) is 11.3. The van der Waals surface area contributed by atoms with Crippen LogP contribution in [0.3, 0.4) is 0 Å². The number of thiophene rings is 1. The third-order valence-corrected chi connectivity index (χ3v) is 6.74. The molecule has 9 heteroatoms. The summed E-state index contributed by atoms with van der Waals surface area (Å²) in [6.45, 7) is 3.29. The van der Waals surface area contributed by atoms with E-state index in [1.54, 1.807) is 12.1 Å². The number of ether oxygens (including phenoxy) is 1. The van der Waals surface area contributed by atoms with Crippen molar-refractivity contribution >= 4 is 33.0 Å². The molecule has 1 aliphatic rings. The molecule has 1 fully saturated rings. The topological polar surface area (TPSA) is 79.8 Å². The minimum atomic E-state index is -3.32. The summed E-state index contributed by atoms with van der Waals surface area (Å²) in [5.41, 5.74) is 0.483. The van der Waals surface area contributed by atoms with Crippen LogP contribution in [0.15, 0.2) is 30.5 Å². The number of amides is 1. The zero-order chi connectivity index (χ0) is 19.6. The number of hydrogen-bond acceptors (Lipinski definition) is 6. The Morgan fingerprint density at radius 3 is 2.48 bits per heavy atom. The normalized spacial score (nSPS) is 15.6. The van der Waals surface area contributed by atoms with Crippen molar-refractivity contribution in [3.8, 4) is 5.88 Å². The van der Waals surface area contributed by atoms with E-state index in [-0.39, 0.29) is 12.0 Å². The maximum absolute atomic E-state index is 12.5. The lowest BCUT2D eigenvalue weighted by Gasteiger charge is -2.31. The second kappa shape index (κ2) is 7.85. The minimum absolute atomic E-state index is 0.00916. The molecule has 3 rings (SSSR count). The quantitative estimate of drug-likeness (QED) is 0.758. The van der Waals surface area contributed by atoms with Crippen LogP contribution >= 0.6 is 11.3 Å². The van der Waals surface area contributed by atoms with Gasteiger partial charge in [-0.3, -0.25) is 9.10 Å². The van der Waals surface area contributed by atoms with Gasteiger partial charge in [0.2, 0.25) is 15.9 Å². The number of rotatable bonds is 5. The third-order valence-electron chi connectivity index (χ3n) is 4.55. The van der Waals surface area contributed by atoms with Gasteiger partial charge in [-0.1, -0.05) is 0 Å². The van der Waals surface area contributed by atoms with Gasteiger partial charge in [0.1, 0.15) is 6.10 Å². The predicted octanol–water partition coefficient (Wildman–Crippen LogP) is 2.53. The van der Waals surface area contributed by atoms with Crippen molar-refractivity contribution in [3.05, 3.63) is 40.2 Å². The van der Waals surface area contributed by atoms with Crippen molar-refractivity contribution in [1.82, 2.24) is 9.88 Å². The first kappa shape index (κ1) is 19.6. The summed E-state index contributed by atoms with van der Waals surface area (Å²) in [5, 5.41) is 0. The molecule has 146 valence electrons. The molecular weight excluding hydrogens is 386 g/mol. The Kier molecular flexibility index (Phi) is 5.71. The third kappa shape index (κ3) is 4.78. The molecule has 1 saturated heterocycles. The molecule has 0 saturated carbocycles. The molecule has 2 aromatic rings. The first-order chi connectivity index (χ1) is 12.7. The van der Waals surface area contributed by atoms with Gasteiger partial charge in [0, 0.05) is 43.9 Å². The second-order valence-corrected chi connectivity index (χ2v) is 9.91. The minimum Gasteiger partial charge on any atom is -0.474 e. The van der Waals surface area contributed by atoms with Gasteiger partial charge in [-0.05, 0) is 25.1 Å². The summed E-state index contributed by atoms with van der Waals surface area (Å²) in [4.78, 5) is 20.5. The molecule has 0 N–H and O–H groups in total. The van der Waals surface area contributed by atoms with Crippen molar-refractivity contribution in [2.75, 3.05) is 30.7 Å². The average Bonchev–Trinajstić information content (AvgIpc) is 3.07. The zero-order valence-corrected chi connectivity index (χ0v) is 17.2. The first-order valence-electron chi connectivity index (χ1n) is 8.66. The lowest BCUT2D eigenvalue weighted by molar-refractivity contribution is 0.0592. The molecule has 0 radical (unpaired) electrons. The molecule has 3 heterocycles. The van der Waals surface area contributed by atoms with Crippen molar-refractivity contribution < 1.29 is 17.9 Å². The highest BCUT2D eigenvalue weighted by atomic mass is 32.2. The van der Waals surface area contributed by atoms with Gasteiger partial charge in [0.05, 0.1) is 23.0 Å².